The van der Waals surface area contributed by atoms with Gasteiger partial charge in [-0.05, 0) is 18.9 Å². The van der Waals surface area contributed by atoms with Crippen LogP contribution in [0, 0.1) is 10.1 Å². The summed E-state index contributed by atoms with van der Waals surface area (Å²) in [5, 5.41) is 10.6. The lowest BCUT2D eigenvalue weighted by Gasteiger charge is -2.05. The molecule has 1 rings (SSSR count). The first kappa shape index (κ1) is 16.6. The molecule has 112 valence electrons. The zero-order chi connectivity index (χ0) is 15.8. The zero-order valence-corrected chi connectivity index (χ0v) is 12.0. The monoisotopic (exact) mass is 291 g/mol. The molecule has 0 amide bonds. The van der Waals surface area contributed by atoms with Crippen LogP contribution in [0.3, 0.4) is 0 Å². The minimum absolute atomic E-state index is 0.00187. The quantitative estimate of drug-likeness (QED) is 0.192. The molecule has 0 aromatic heterocycles. The molecule has 0 spiro atoms. The number of esters is 1. The summed E-state index contributed by atoms with van der Waals surface area (Å²) >= 11 is 0. The highest BCUT2D eigenvalue weighted by Gasteiger charge is 2.17. The van der Waals surface area contributed by atoms with E-state index >= 15 is 0 Å². The normalized spacial score (nSPS) is 11.0. The van der Waals surface area contributed by atoms with E-state index in [9.17, 15) is 19.7 Å². The highest BCUT2D eigenvalue weighted by Crippen LogP contribution is 2.14. The molecule has 0 aliphatic carbocycles. The topological polar surface area (TPSA) is 86.5 Å². The molecule has 1 aromatic carbocycles. The number of carbonyl (C=O) groups excluding carboxylic acids is 2. The third-order valence-electron chi connectivity index (χ3n) is 2.81. The minimum Gasteiger partial charge on any atom is -0.462 e. The highest BCUT2D eigenvalue weighted by molar-refractivity contribution is 6.17. The largest absolute Gasteiger partial charge is 0.462 e. The van der Waals surface area contributed by atoms with Gasteiger partial charge in [0.05, 0.1) is 17.1 Å². The van der Waals surface area contributed by atoms with Gasteiger partial charge >= 0.3 is 5.97 Å². The van der Waals surface area contributed by atoms with Crippen LogP contribution in [0.25, 0.3) is 0 Å². The first-order chi connectivity index (χ1) is 9.99. The van der Waals surface area contributed by atoms with Gasteiger partial charge in [-0.3, -0.25) is 14.9 Å². The average molecular weight is 291 g/mol. The molecule has 0 saturated carbocycles. The van der Waals surface area contributed by atoms with E-state index in [4.69, 9.17) is 4.74 Å². The van der Waals surface area contributed by atoms with Crippen molar-refractivity contribution in [3.05, 3.63) is 51.6 Å². The summed E-state index contributed by atoms with van der Waals surface area (Å²) < 4.78 is 4.85. The number of Topliss-reactive ketones (excluding diaryl/α,β-unsaturated/α-hetero) is 1. The zero-order valence-electron chi connectivity index (χ0n) is 12.0. The lowest BCUT2D eigenvalue weighted by Crippen LogP contribution is -2.15. The van der Waals surface area contributed by atoms with E-state index in [0.29, 0.717) is 6.42 Å². The molecule has 0 radical (unpaired) electrons. The molecular weight excluding hydrogens is 274 g/mol. The van der Waals surface area contributed by atoms with Crippen molar-refractivity contribution in [3.63, 3.8) is 0 Å². The summed E-state index contributed by atoms with van der Waals surface area (Å²) in [5.41, 5.74) is 0.794. The fourth-order valence-corrected chi connectivity index (χ4v) is 1.68. The number of carbonyl (C=O) groups is 2. The number of ether oxygens (including phenoxy) is 1. The van der Waals surface area contributed by atoms with Crippen LogP contribution in [0.15, 0.2) is 35.9 Å². The second-order valence-corrected chi connectivity index (χ2v) is 4.24. The SMILES string of the molecule is CCOC(=O)/C(=C\Cc1ccc([N+](=O)[O-])cc1)C(=O)CC. The molecule has 0 heterocycles. The van der Waals surface area contributed by atoms with Crippen LogP contribution < -0.4 is 0 Å². The van der Waals surface area contributed by atoms with Crippen LogP contribution in [0.1, 0.15) is 25.8 Å². The molecule has 0 atom stereocenters. The Balaban J connectivity index is 2.88. The van der Waals surface area contributed by atoms with E-state index in [-0.39, 0.29) is 30.1 Å². The Morgan fingerprint density at radius 3 is 2.33 bits per heavy atom. The Morgan fingerprint density at radius 2 is 1.86 bits per heavy atom. The van der Waals surface area contributed by atoms with Crippen LogP contribution in [0.5, 0.6) is 0 Å². The van der Waals surface area contributed by atoms with E-state index < -0.39 is 10.9 Å². The molecule has 0 bridgehead atoms. The Hall–Kier alpha value is -2.50. The number of non-ortho nitro benzene ring substituents is 1. The van der Waals surface area contributed by atoms with Crippen LogP contribution in [0.2, 0.25) is 0 Å². The fraction of sp³-hybridized carbons (Fsp3) is 0.333. The van der Waals surface area contributed by atoms with E-state index in [1.54, 1.807) is 26.0 Å². The Kier molecular flexibility index (Phi) is 6.26. The van der Waals surface area contributed by atoms with E-state index in [1.807, 2.05) is 0 Å². The molecule has 0 unspecified atom stereocenters. The molecule has 1 aromatic rings. The van der Waals surface area contributed by atoms with E-state index in [1.165, 1.54) is 18.2 Å². The fourth-order valence-electron chi connectivity index (χ4n) is 1.68. The number of ketones is 1. The molecule has 6 heteroatoms. The second kappa shape index (κ2) is 7.94. The number of hydrogen-bond donors (Lipinski definition) is 0. The maximum atomic E-state index is 11.7. The van der Waals surface area contributed by atoms with Gasteiger partial charge in [-0.25, -0.2) is 4.79 Å². The van der Waals surface area contributed by atoms with Gasteiger partial charge in [-0.2, -0.15) is 0 Å². The van der Waals surface area contributed by atoms with Crippen molar-refractivity contribution in [2.24, 2.45) is 0 Å². The third-order valence-corrected chi connectivity index (χ3v) is 2.81. The molecule has 0 saturated heterocycles. The van der Waals surface area contributed by atoms with Gasteiger partial charge in [0, 0.05) is 18.6 Å². The minimum atomic E-state index is -0.633. The molecule has 6 nitrogen and oxygen atoms in total. The summed E-state index contributed by atoms with van der Waals surface area (Å²) in [6, 6.07) is 5.95. The first-order valence-corrected chi connectivity index (χ1v) is 6.63. The summed E-state index contributed by atoms with van der Waals surface area (Å²) in [7, 11) is 0. The smallest absolute Gasteiger partial charge is 0.341 e. The number of hydrogen-bond acceptors (Lipinski definition) is 5. The predicted octanol–water partition coefficient (Wildman–Crippen LogP) is 2.61. The van der Waals surface area contributed by atoms with Crippen molar-refractivity contribution >= 4 is 17.4 Å². The lowest BCUT2D eigenvalue weighted by atomic mass is 10.0. The number of benzene rings is 1. The summed E-state index contributed by atoms with van der Waals surface area (Å²) in [5.74, 6) is -0.915. The number of allylic oxidation sites excluding steroid dienone is 1. The second-order valence-electron chi connectivity index (χ2n) is 4.24. The predicted molar refractivity (Wildman–Crippen MR) is 76.8 cm³/mol. The average Bonchev–Trinajstić information content (AvgIpc) is 2.47. The summed E-state index contributed by atoms with van der Waals surface area (Å²) in [6.45, 7) is 3.54. The van der Waals surface area contributed by atoms with Gasteiger partial charge < -0.3 is 4.74 Å². The summed E-state index contributed by atoms with van der Waals surface area (Å²) in [6.07, 6.45) is 2.05. The number of nitro groups is 1. The Bertz CT molecular complexity index is 560. The van der Waals surface area contributed by atoms with Crippen molar-refractivity contribution in [1.29, 1.82) is 0 Å². The molecule has 0 fully saturated rings. The van der Waals surface area contributed by atoms with Crippen molar-refractivity contribution in [1.82, 2.24) is 0 Å². The number of nitrogens with zero attached hydrogens (tertiary/aromatic N) is 1. The van der Waals surface area contributed by atoms with E-state index in [0.717, 1.165) is 5.56 Å². The van der Waals surface area contributed by atoms with Gasteiger partial charge in [0.2, 0.25) is 0 Å². The van der Waals surface area contributed by atoms with Crippen molar-refractivity contribution in [2.75, 3.05) is 6.61 Å². The lowest BCUT2D eigenvalue weighted by molar-refractivity contribution is -0.384. The number of nitro benzene ring substituents is 1. The maximum absolute atomic E-state index is 11.7. The molecule has 0 aliphatic heterocycles. The molecule has 0 N–H and O–H groups in total. The van der Waals surface area contributed by atoms with Gasteiger partial charge in [-0.15, -0.1) is 0 Å². The molecule has 21 heavy (non-hydrogen) atoms. The molecule has 0 aliphatic rings. The maximum Gasteiger partial charge on any atom is 0.341 e. The Labute approximate surface area is 122 Å². The van der Waals surface area contributed by atoms with Crippen molar-refractivity contribution in [3.8, 4) is 0 Å². The van der Waals surface area contributed by atoms with Gasteiger partial charge in [0.25, 0.3) is 5.69 Å². The van der Waals surface area contributed by atoms with Gasteiger partial charge in [0.1, 0.15) is 0 Å². The third kappa shape index (κ3) is 4.83. The highest BCUT2D eigenvalue weighted by atomic mass is 16.6. The first-order valence-electron chi connectivity index (χ1n) is 6.63. The van der Waals surface area contributed by atoms with Crippen LogP contribution >= 0.6 is 0 Å². The standard InChI is InChI=1S/C15H17NO5/c1-3-14(17)13(15(18)21-4-2)10-7-11-5-8-12(9-6-11)16(19)20/h5-6,8-10H,3-4,7H2,1-2H3/b13-10-. The van der Waals surface area contributed by atoms with Crippen molar-refractivity contribution < 1.29 is 19.2 Å². The number of rotatable bonds is 7. The van der Waals surface area contributed by atoms with Gasteiger partial charge in [-0.1, -0.05) is 25.1 Å². The van der Waals surface area contributed by atoms with Crippen LogP contribution in [0.4, 0.5) is 5.69 Å². The van der Waals surface area contributed by atoms with Crippen LogP contribution in [-0.4, -0.2) is 23.3 Å². The van der Waals surface area contributed by atoms with E-state index in [2.05, 4.69) is 0 Å². The van der Waals surface area contributed by atoms with Crippen LogP contribution in [-0.2, 0) is 20.7 Å². The Morgan fingerprint density at radius 1 is 1.24 bits per heavy atom. The summed E-state index contributed by atoms with van der Waals surface area (Å²) in [4.78, 5) is 33.5. The van der Waals surface area contributed by atoms with Gasteiger partial charge in [0.15, 0.2) is 5.78 Å². The van der Waals surface area contributed by atoms with Crippen molar-refractivity contribution in [2.45, 2.75) is 26.7 Å². The molecular formula is C15H17NO5.